The number of aromatic nitrogens is 1. The zero-order chi connectivity index (χ0) is 17.1. The standard InChI is InChI=1S/C19H20ClN3O/c1-3-12(2)14-6-9-17-16(10-14)23-19(24-17)13-4-7-15(8-5-13)22-18(21)11-20/h4-10,12H,3,11H2,1-2H3,(H2,21,22). The van der Waals surface area contributed by atoms with Crippen LogP contribution in [0.15, 0.2) is 51.9 Å². The second kappa shape index (κ2) is 7.05. The normalized spacial score (nSPS) is 13.4. The Kier molecular flexibility index (Phi) is 4.86. The van der Waals surface area contributed by atoms with E-state index in [0.717, 1.165) is 28.8 Å². The number of amidine groups is 1. The molecular formula is C19H20ClN3O. The Morgan fingerprint density at radius 1 is 1.25 bits per heavy atom. The van der Waals surface area contributed by atoms with Gasteiger partial charge in [0, 0.05) is 5.56 Å². The molecule has 0 amide bonds. The minimum atomic E-state index is 0.214. The molecule has 1 atom stereocenters. The Morgan fingerprint density at radius 3 is 2.67 bits per heavy atom. The lowest BCUT2D eigenvalue weighted by Crippen LogP contribution is -2.12. The summed E-state index contributed by atoms with van der Waals surface area (Å²) in [6.07, 6.45) is 1.10. The third kappa shape index (κ3) is 3.44. The molecule has 24 heavy (non-hydrogen) atoms. The molecule has 0 radical (unpaired) electrons. The van der Waals surface area contributed by atoms with Crippen LogP contribution in [0.25, 0.3) is 22.6 Å². The van der Waals surface area contributed by atoms with Crippen LogP contribution in [0.4, 0.5) is 5.69 Å². The average molecular weight is 342 g/mol. The van der Waals surface area contributed by atoms with E-state index in [1.165, 1.54) is 5.56 Å². The molecule has 3 rings (SSSR count). The molecule has 0 aliphatic carbocycles. The van der Waals surface area contributed by atoms with Crippen molar-refractivity contribution < 1.29 is 4.42 Å². The fourth-order valence-electron chi connectivity index (χ4n) is 2.48. The summed E-state index contributed by atoms with van der Waals surface area (Å²) in [6.45, 7) is 4.40. The van der Waals surface area contributed by atoms with E-state index in [0.29, 0.717) is 17.6 Å². The highest BCUT2D eigenvalue weighted by atomic mass is 35.5. The fourth-order valence-corrected chi connectivity index (χ4v) is 2.54. The van der Waals surface area contributed by atoms with Crippen LogP contribution >= 0.6 is 11.6 Å². The largest absolute Gasteiger partial charge is 0.436 e. The average Bonchev–Trinajstić information content (AvgIpc) is 3.04. The highest BCUT2D eigenvalue weighted by molar-refractivity contribution is 6.28. The van der Waals surface area contributed by atoms with Gasteiger partial charge in [0.2, 0.25) is 5.89 Å². The van der Waals surface area contributed by atoms with E-state index in [9.17, 15) is 0 Å². The summed E-state index contributed by atoms with van der Waals surface area (Å²) in [7, 11) is 0. The smallest absolute Gasteiger partial charge is 0.227 e. The van der Waals surface area contributed by atoms with E-state index < -0.39 is 0 Å². The zero-order valence-electron chi connectivity index (χ0n) is 13.8. The van der Waals surface area contributed by atoms with Gasteiger partial charge in [0.1, 0.15) is 11.4 Å². The van der Waals surface area contributed by atoms with Crippen LogP contribution in [-0.4, -0.2) is 16.7 Å². The van der Waals surface area contributed by atoms with Crippen molar-refractivity contribution in [2.75, 3.05) is 5.88 Å². The van der Waals surface area contributed by atoms with E-state index in [2.05, 4.69) is 36.0 Å². The topological polar surface area (TPSA) is 64.4 Å². The first-order valence-electron chi connectivity index (χ1n) is 8.00. The highest BCUT2D eigenvalue weighted by Gasteiger charge is 2.11. The Morgan fingerprint density at radius 2 is 2.00 bits per heavy atom. The van der Waals surface area contributed by atoms with Gasteiger partial charge < -0.3 is 10.2 Å². The summed E-state index contributed by atoms with van der Waals surface area (Å²) < 4.78 is 5.87. The fraction of sp³-hybridized carbons (Fsp3) is 0.263. The van der Waals surface area contributed by atoms with Gasteiger partial charge in [-0.3, -0.25) is 0 Å². The summed E-state index contributed by atoms with van der Waals surface area (Å²) in [6, 6.07) is 13.8. The number of aliphatic imine (C=N–C) groups is 1. The second-order valence-electron chi connectivity index (χ2n) is 5.84. The Labute approximate surface area is 146 Å². The van der Waals surface area contributed by atoms with E-state index in [4.69, 9.17) is 21.8 Å². The minimum absolute atomic E-state index is 0.214. The van der Waals surface area contributed by atoms with Crippen LogP contribution in [0, 0.1) is 0 Å². The van der Waals surface area contributed by atoms with Gasteiger partial charge in [0.05, 0.1) is 11.6 Å². The number of nitrogens with two attached hydrogens (primary N) is 1. The molecule has 0 aliphatic heterocycles. The van der Waals surface area contributed by atoms with Crippen molar-refractivity contribution >= 4 is 34.2 Å². The van der Waals surface area contributed by atoms with Gasteiger partial charge in [-0.2, -0.15) is 0 Å². The number of oxazole rings is 1. The van der Waals surface area contributed by atoms with Crippen LogP contribution in [0.1, 0.15) is 31.7 Å². The zero-order valence-corrected chi connectivity index (χ0v) is 14.5. The molecule has 0 aliphatic rings. The van der Waals surface area contributed by atoms with Gasteiger partial charge in [-0.25, -0.2) is 9.98 Å². The number of halogens is 1. The monoisotopic (exact) mass is 341 g/mol. The lowest BCUT2D eigenvalue weighted by Gasteiger charge is -2.07. The highest BCUT2D eigenvalue weighted by Crippen LogP contribution is 2.28. The maximum atomic E-state index is 5.87. The number of nitrogens with zero attached hydrogens (tertiary/aromatic N) is 2. The van der Waals surface area contributed by atoms with Gasteiger partial charge in [0.15, 0.2) is 5.58 Å². The third-order valence-corrected chi connectivity index (χ3v) is 4.39. The predicted octanol–water partition coefficient (Wildman–Crippen LogP) is 5.24. The van der Waals surface area contributed by atoms with Gasteiger partial charge in [-0.05, 0) is 54.3 Å². The molecular weight excluding hydrogens is 322 g/mol. The van der Waals surface area contributed by atoms with Gasteiger partial charge in [-0.15, -0.1) is 11.6 Å². The first-order valence-corrected chi connectivity index (χ1v) is 8.54. The van der Waals surface area contributed by atoms with Crippen molar-refractivity contribution in [3.8, 4) is 11.5 Å². The summed E-state index contributed by atoms with van der Waals surface area (Å²) >= 11 is 5.64. The molecule has 0 fully saturated rings. The molecule has 0 saturated heterocycles. The van der Waals surface area contributed by atoms with Crippen LogP contribution in [-0.2, 0) is 0 Å². The van der Waals surface area contributed by atoms with Crippen LogP contribution < -0.4 is 5.73 Å². The van der Waals surface area contributed by atoms with E-state index >= 15 is 0 Å². The minimum Gasteiger partial charge on any atom is -0.436 e. The number of benzene rings is 2. The van der Waals surface area contributed by atoms with E-state index in [-0.39, 0.29) is 5.88 Å². The summed E-state index contributed by atoms with van der Waals surface area (Å²) in [5, 5.41) is 0. The van der Waals surface area contributed by atoms with Crippen molar-refractivity contribution in [1.29, 1.82) is 0 Å². The molecule has 124 valence electrons. The molecule has 0 saturated carbocycles. The number of rotatable bonds is 5. The molecule has 1 unspecified atom stereocenters. The molecule has 0 spiro atoms. The van der Waals surface area contributed by atoms with Gasteiger partial charge in [0.25, 0.3) is 0 Å². The van der Waals surface area contributed by atoms with Crippen molar-refractivity contribution in [2.24, 2.45) is 10.7 Å². The summed E-state index contributed by atoms with van der Waals surface area (Å²) in [5.74, 6) is 1.72. The maximum Gasteiger partial charge on any atom is 0.227 e. The number of fused-ring (bicyclic) bond motifs is 1. The lowest BCUT2D eigenvalue weighted by atomic mass is 9.98. The van der Waals surface area contributed by atoms with Crippen molar-refractivity contribution in [1.82, 2.24) is 4.98 Å². The van der Waals surface area contributed by atoms with E-state index in [1.54, 1.807) is 0 Å². The quantitative estimate of drug-likeness (QED) is 0.392. The van der Waals surface area contributed by atoms with E-state index in [1.807, 2.05) is 30.3 Å². The molecule has 1 aromatic heterocycles. The predicted molar refractivity (Wildman–Crippen MR) is 100 cm³/mol. The maximum absolute atomic E-state index is 5.87. The molecule has 2 N–H and O–H groups in total. The number of hydrogen-bond acceptors (Lipinski definition) is 3. The number of hydrogen-bond donors (Lipinski definition) is 1. The van der Waals surface area contributed by atoms with Gasteiger partial charge in [-0.1, -0.05) is 19.9 Å². The molecule has 5 heteroatoms. The first kappa shape index (κ1) is 16.5. The molecule has 4 nitrogen and oxygen atoms in total. The summed E-state index contributed by atoms with van der Waals surface area (Å²) in [5.41, 5.74) is 10.3. The lowest BCUT2D eigenvalue weighted by molar-refractivity contribution is 0.619. The molecule has 2 aromatic carbocycles. The molecule has 3 aromatic rings. The molecule has 1 heterocycles. The van der Waals surface area contributed by atoms with Crippen LogP contribution in [0.5, 0.6) is 0 Å². The van der Waals surface area contributed by atoms with Crippen molar-refractivity contribution in [2.45, 2.75) is 26.2 Å². The first-order chi connectivity index (χ1) is 11.6. The van der Waals surface area contributed by atoms with Crippen LogP contribution in [0.3, 0.4) is 0 Å². The van der Waals surface area contributed by atoms with Gasteiger partial charge >= 0.3 is 0 Å². The summed E-state index contributed by atoms with van der Waals surface area (Å²) in [4.78, 5) is 8.83. The Bertz CT molecular complexity index is 868. The third-order valence-electron chi connectivity index (χ3n) is 4.12. The SMILES string of the molecule is CCC(C)c1ccc2oc(-c3ccc(N=C(N)CCl)cc3)nc2c1. The van der Waals surface area contributed by atoms with Crippen molar-refractivity contribution in [3.05, 3.63) is 48.0 Å². The van der Waals surface area contributed by atoms with Crippen molar-refractivity contribution in [3.63, 3.8) is 0 Å². The Hall–Kier alpha value is -2.33. The molecule has 0 bridgehead atoms. The number of alkyl halides is 1. The second-order valence-corrected chi connectivity index (χ2v) is 6.11. The van der Waals surface area contributed by atoms with Crippen LogP contribution in [0.2, 0.25) is 0 Å². The Balaban J connectivity index is 1.92.